The lowest BCUT2D eigenvalue weighted by atomic mass is 9.99. The molecule has 6 rings (SSSR count). The molecule has 2 heterocycles. The zero-order valence-corrected chi connectivity index (χ0v) is 20.8. The van der Waals surface area contributed by atoms with Gasteiger partial charge < -0.3 is 14.5 Å². The number of ether oxygens (including phenoxy) is 1. The van der Waals surface area contributed by atoms with Crippen molar-refractivity contribution in [2.75, 3.05) is 5.32 Å². The van der Waals surface area contributed by atoms with Crippen molar-refractivity contribution in [3.8, 4) is 17.1 Å². The molecule has 0 aliphatic heterocycles. The van der Waals surface area contributed by atoms with Crippen molar-refractivity contribution in [3.05, 3.63) is 113 Å². The molecule has 2 N–H and O–H groups in total. The Labute approximate surface area is 221 Å². The van der Waals surface area contributed by atoms with E-state index in [1.807, 2.05) is 54.6 Å². The van der Waals surface area contributed by atoms with Gasteiger partial charge >= 0.3 is 5.97 Å². The van der Waals surface area contributed by atoms with Gasteiger partial charge in [-0.05, 0) is 48.7 Å². The number of rotatable bonds is 6. The fourth-order valence-electron chi connectivity index (χ4n) is 4.42. The van der Waals surface area contributed by atoms with Gasteiger partial charge in [-0.25, -0.2) is 14.5 Å². The summed E-state index contributed by atoms with van der Waals surface area (Å²) in [6.45, 7) is 1.46. The highest BCUT2D eigenvalue weighted by molar-refractivity contribution is 6.10. The molecule has 0 saturated heterocycles. The predicted molar refractivity (Wildman–Crippen MR) is 147 cm³/mol. The van der Waals surface area contributed by atoms with Crippen LogP contribution in [-0.2, 0) is 9.53 Å². The first-order valence-electron chi connectivity index (χ1n) is 12.2. The van der Waals surface area contributed by atoms with Crippen LogP contribution in [0.1, 0.15) is 17.3 Å². The number of aromatic amines is 1. The molecule has 0 bridgehead atoms. The van der Waals surface area contributed by atoms with Crippen LogP contribution in [0.25, 0.3) is 39.0 Å². The van der Waals surface area contributed by atoms with Crippen molar-refractivity contribution in [1.29, 1.82) is 0 Å². The highest BCUT2D eigenvalue weighted by Gasteiger charge is 2.23. The first kappa shape index (κ1) is 23.9. The minimum Gasteiger partial charge on any atom is -0.449 e. The van der Waals surface area contributed by atoms with Gasteiger partial charge in [-0.15, -0.1) is 0 Å². The van der Waals surface area contributed by atoms with Gasteiger partial charge in [0.1, 0.15) is 11.3 Å². The predicted octanol–water partition coefficient (Wildman–Crippen LogP) is 5.31. The molecular formula is C30H22N4O5. The molecule has 0 fully saturated rings. The number of amides is 1. The number of anilines is 1. The Morgan fingerprint density at radius 2 is 1.69 bits per heavy atom. The highest BCUT2D eigenvalue weighted by atomic mass is 16.5. The number of carbonyl (C=O) groups is 2. The van der Waals surface area contributed by atoms with Crippen LogP contribution < -0.4 is 10.9 Å². The van der Waals surface area contributed by atoms with E-state index in [0.29, 0.717) is 33.6 Å². The Balaban J connectivity index is 1.25. The Morgan fingerprint density at radius 1 is 0.949 bits per heavy atom. The number of nitrogens with zero attached hydrogens (tertiary/aromatic N) is 2. The number of aromatic nitrogens is 3. The first-order chi connectivity index (χ1) is 19.0. The van der Waals surface area contributed by atoms with Crippen LogP contribution in [0, 0.1) is 0 Å². The molecule has 0 radical (unpaired) electrons. The number of benzene rings is 4. The van der Waals surface area contributed by atoms with Crippen LogP contribution in [0.3, 0.4) is 0 Å². The van der Waals surface area contributed by atoms with Crippen molar-refractivity contribution in [2.45, 2.75) is 13.0 Å². The molecule has 192 valence electrons. The highest BCUT2D eigenvalue weighted by Crippen LogP contribution is 2.33. The molecule has 0 aliphatic carbocycles. The molecule has 6 aromatic rings. The third kappa shape index (κ3) is 4.57. The number of nitrogens with one attached hydrogen (secondary N) is 2. The van der Waals surface area contributed by atoms with E-state index in [4.69, 9.17) is 9.15 Å². The van der Waals surface area contributed by atoms with Gasteiger partial charge in [-0.2, -0.15) is 0 Å². The Hall–Kier alpha value is -5.44. The van der Waals surface area contributed by atoms with Crippen LogP contribution >= 0.6 is 0 Å². The van der Waals surface area contributed by atoms with Gasteiger partial charge in [0, 0.05) is 17.0 Å². The van der Waals surface area contributed by atoms with Gasteiger partial charge in [0.15, 0.2) is 11.7 Å². The minimum absolute atomic E-state index is 0.181. The van der Waals surface area contributed by atoms with Crippen molar-refractivity contribution in [3.63, 3.8) is 0 Å². The molecule has 9 nitrogen and oxygen atoms in total. The molecule has 1 atom stereocenters. The van der Waals surface area contributed by atoms with Gasteiger partial charge in [0.05, 0.1) is 11.3 Å². The van der Waals surface area contributed by atoms with Crippen LogP contribution in [0.15, 0.2) is 106 Å². The number of esters is 1. The van der Waals surface area contributed by atoms with E-state index in [1.54, 1.807) is 36.4 Å². The van der Waals surface area contributed by atoms with E-state index in [2.05, 4.69) is 15.4 Å². The molecule has 2 aromatic heterocycles. The molecule has 1 unspecified atom stereocenters. The summed E-state index contributed by atoms with van der Waals surface area (Å²) in [5, 5.41) is 6.84. The minimum atomic E-state index is -1.15. The average Bonchev–Trinajstić information content (AvgIpc) is 3.55. The van der Waals surface area contributed by atoms with Crippen LogP contribution in [0.5, 0.6) is 0 Å². The SMILES string of the molecule is CC(OC(=O)c1cccc2cccc(-c3nc4ccccc4o3)c12)C(=O)Nc1cc(=O)n(-c2ccccc2)[nH]1. The van der Waals surface area contributed by atoms with Crippen molar-refractivity contribution < 1.29 is 18.7 Å². The maximum absolute atomic E-state index is 13.3. The smallest absolute Gasteiger partial charge is 0.339 e. The van der Waals surface area contributed by atoms with Crippen LogP contribution in [0.2, 0.25) is 0 Å². The standard InChI is InChI=1S/C30H22N4O5/c1-18(28(36)32-25-17-26(35)34(33-25)20-11-3-2-4-12-20)38-30(37)22-14-8-10-19-9-7-13-21(27(19)22)29-31-23-15-5-6-16-24(23)39-29/h2-18,33H,1H3,(H,32,36). The first-order valence-corrected chi connectivity index (χ1v) is 12.2. The summed E-state index contributed by atoms with van der Waals surface area (Å²) in [7, 11) is 0. The second-order valence-electron chi connectivity index (χ2n) is 8.91. The zero-order valence-electron chi connectivity index (χ0n) is 20.8. The summed E-state index contributed by atoms with van der Waals surface area (Å²) in [4.78, 5) is 43.1. The largest absolute Gasteiger partial charge is 0.449 e. The van der Waals surface area contributed by atoms with E-state index in [0.717, 1.165) is 5.39 Å². The summed E-state index contributed by atoms with van der Waals surface area (Å²) in [5.41, 5.74) is 2.52. The zero-order chi connectivity index (χ0) is 26.9. The molecule has 39 heavy (non-hydrogen) atoms. The van der Waals surface area contributed by atoms with Crippen LogP contribution in [0.4, 0.5) is 5.82 Å². The molecule has 4 aromatic carbocycles. The van der Waals surface area contributed by atoms with E-state index in [-0.39, 0.29) is 16.9 Å². The van der Waals surface area contributed by atoms with E-state index < -0.39 is 18.0 Å². The normalized spacial score (nSPS) is 11.9. The topological polar surface area (TPSA) is 119 Å². The Kier molecular flexibility index (Phi) is 6.01. The van der Waals surface area contributed by atoms with Crippen LogP contribution in [-0.4, -0.2) is 32.7 Å². The number of H-pyrrole nitrogens is 1. The molecule has 9 heteroatoms. The Morgan fingerprint density at radius 3 is 2.49 bits per heavy atom. The van der Waals surface area contributed by atoms with Crippen molar-refractivity contribution >= 4 is 39.6 Å². The third-order valence-corrected chi connectivity index (χ3v) is 6.29. The maximum atomic E-state index is 13.3. The molecule has 0 aliphatic rings. The fraction of sp³-hybridized carbons (Fsp3) is 0.0667. The third-order valence-electron chi connectivity index (χ3n) is 6.29. The number of carbonyl (C=O) groups excluding carboxylic acids is 2. The lowest BCUT2D eigenvalue weighted by Gasteiger charge is -2.14. The van der Waals surface area contributed by atoms with E-state index >= 15 is 0 Å². The van der Waals surface area contributed by atoms with Gasteiger partial charge in [0.25, 0.3) is 11.5 Å². The summed E-state index contributed by atoms with van der Waals surface area (Å²) in [5.74, 6) is -0.716. The second-order valence-corrected chi connectivity index (χ2v) is 8.91. The van der Waals surface area contributed by atoms with Gasteiger partial charge in [0.2, 0.25) is 5.89 Å². The average molecular weight is 519 g/mol. The lowest BCUT2D eigenvalue weighted by Crippen LogP contribution is -2.30. The van der Waals surface area contributed by atoms with Gasteiger partial charge in [-0.3, -0.25) is 14.7 Å². The molecule has 0 saturated carbocycles. The second kappa shape index (κ2) is 9.79. The van der Waals surface area contributed by atoms with Crippen molar-refractivity contribution in [1.82, 2.24) is 14.8 Å². The molecular weight excluding hydrogens is 496 g/mol. The number of hydrogen-bond acceptors (Lipinski definition) is 6. The summed E-state index contributed by atoms with van der Waals surface area (Å²) in [6, 6.07) is 28.4. The summed E-state index contributed by atoms with van der Waals surface area (Å²) < 4.78 is 12.8. The number of hydrogen-bond donors (Lipinski definition) is 2. The molecule has 0 spiro atoms. The summed E-state index contributed by atoms with van der Waals surface area (Å²) in [6.07, 6.45) is -1.15. The fourth-order valence-corrected chi connectivity index (χ4v) is 4.42. The van der Waals surface area contributed by atoms with Gasteiger partial charge in [-0.1, -0.05) is 54.6 Å². The number of oxazole rings is 1. The summed E-state index contributed by atoms with van der Waals surface area (Å²) >= 11 is 0. The number of para-hydroxylation sites is 3. The monoisotopic (exact) mass is 518 g/mol. The number of fused-ring (bicyclic) bond motifs is 2. The Bertz CT molecular complexity index is 1860. The maximum Gasteiger partial charge on any atom is 0.339 e. The quantitative estimate of drug-likeness (QED) is 0.289. The van der Waals surface area contributed by atoms with E-state index in [9.17, 15) is 14.4 Å². The van der Waals surface area contributed by atoms with Crippen molar-refractivity contribution in [2.24, 2.45) is 0 Å². The molecule has 1 amide bonds. The van der Waals surface area contributed by atoms with E-state index in [1.165, 1.54) is 17.7 Å². The lowest BCUT2D eigenvalue weighted by molar-refractivity contribution is -0.123.